The Kier molecular flexibility index (Phi) is 3.79. The van der Waals surface area contributed by atoms with Crippen LogP contribution in [0.1, 0.15) is 16.1 Å². The van der Waals surface area contributed by atoms with Crippen molar-refractivity contribution in [2.24, 2.45) is 0 Å². The first kappa shape index (κ1) is 12.8. The highest BCUT2D eigenvalue weighted by Gasteiger charge is 2.11. The monoisotopic (exact) mass is 281 g/mol. The number of amides is 1. The average molecular weight is 282 g/mol. The smallest absolute Gasteiger partial charge is 0.257 e. The van der Waals surface area contributed by atoms with Gasteiger partial charge in [-0.05, 0) is 25.1 Å². The molecule has 0 fully saturated rings. The van der Waals surface area contributed by atoms with Gasteiger partial charge in [-0.25, -0.2) is 4.98 Å². The predicted molar refractivity (Wildman–Crippen MR) is 71.2 cm³/mol. The molecule has 0 aliphatic rings. The lowest BCUT2D eigenvalue weighted by atomic mass is 10.2. The van der Waals surface area contributed by atoms with Gasteiger partial charge in [-0.1, -0.05) is 23.2 Å². The SMILES string of the molecule is Cc1nc(Cl)ccc1NC(=O)c1ccncc1Cl. The number of carbonyl (C=O) groups excluding carboxylic acids is 1. The molecule has 2 aromatic rings. The normalized spacial score (nSPS) is 10.2. The van der Waals surface area contributed by atoms with Crippen molar-refractivity contribution in [1.82, 2.24) is 9.97 Å². The van der Waals surface area contributed by atoms with Crippen LogP contribution in [0.3, 0.4) is 0 Å². The lowest BCUT2D eigenvalue weighted by Gasteiger charge is -2.08. The van der Waals surface area contributed by atoms with Crippen molar-refractivity contribution in [3.63, 3.8) is 0 Å². The van der Waals surface area contributed by atoms with Gasteiger partial charge < -0.3 is 5.32 Å². The molecule has 0 saturated heterocycles. The van der Waals surface area contributed by atoms with Gasteiger partial charge in [-0.2, -0.15) is 0 Å². The van der Waals surface area contributed by atoms with Gasteiger partial charge in [0.05, 0.1) is 22.0 Å². The summed E-state index contributed by atoms with van der Waals surface area (Å²) in [4.78, 5) is 19.9. The molecule has 0 atom stereocenters. The van der Waals surface area contributed by atoms with Crippen LogP contribution in [-0.2, 0) is 0 Å². The van der Waals surface area contributed by atoms with Crippen LogP contribution in [0.15, 0.2) is 30.6 Å². The minimum atomic E-state index is -0.311. The van der Waals surface area contributed by atoms with E-state index < -0.39 is 0 Å². The number of aryl methyl sites for hydroxylation is 1. The van der Waals surface area contributed by atoms with Crippen molar-refractivity contribution in [2.45, 2.75) is 6.92 Å². The van der Waals surface area contributed by atoms with Gasteiger partial charge in [0.1, 0.15) is 5.15 Å². The molecule has 0 bridgehead atoms. The zero-order valence-corrected chi connectivity index (χ0v) is 11.0. The molecule has 0 aliphatic heterocycles. The third kappa shape index (κ3) is 2.78. The molecule has 6 heteroatoms. The number of aromatic nitrogens is 2. The molecule has 92 valence electrons. The molecule has 2 heterocycles. The first-order valence-electron chi connectivity index (χ1n) is 5.12. The van der Waals surface area contributed by atoms with E-state index in [-0.39, 0.29) is 5.91 Å². The number of halogens is 2. The van der Waals surface area contributed by atoms with Crippen molar-refractivity contribution in [1.29, 1.82) is 0 Å². The van der Waals surface area contributed by atoms with Gasteiger partial charge in [-0.15, -0.1) is 0 Å². The summed E-state index contributed by atoms with van der Waals surface area (Å²) < 4.78 is 0. The molecule has 0 radical (unpaired) electrons. The molecule has 18 heavy (non-hydrogen) atoms. The van der Waals surface area contributed by atoms with Gasteiger partial charge in [0.15, 0.2) is 0 Å². The standard InChI is InChI=1S/C12H9Cl2N3O/c1-7-10(2-3-11(14)16-7)17-12(18)8-4-5-15-6-9(8)13/h2-6H,1H3,(H,17,18). The highest BCUT2D eigenvalue weighted by molar-refractivity contribution is 6.34. The van der Waals surface area contributed by atoms with Crippen molar-refractivity contribution < 1.29 is 4.79 Å². The zero-order chi connectivity index (χ0) is 13.1. The number of hydrogen-bond donors (Lipinski definition) is 1. The number of hydrogen-bond acceptors (Lipinski definition) is 3. The largest absolute Gasteiger partial charge is 0.320 e. The molecule has 2 aromatic heterocycles. The summed E-state index contributed by atoms with van der Waals surface area (Å²) in [7, 11) is 0. The maximum Gasteiger partial charge on any atom is 0.257 e. The van der Waals surface area contributed by atoms with Crippen LogP contribution in [0.2, 0.25) is 10.2 Å². The summed E-state index contributed by atoms with van der Waals surface area (Å²) >= 11 is 11.6. The number of rotatable bonds is 2. The molecule has 0 aromatic carbocycles. The van der Waals surface area contributed by atoms with Gasteiger partial charge in [0.2, 0.25) is 0 Å². The van der Waals surface area contributed by atoms with Crippen LogP contribution >= 0.6 is 23.2 Å². The maximum atomic E-state index is 12.0. The van der Waals surface area contributed by atoms with Crippen molar-refractivity contribution in [3.05, 3.63) is 52.0 Å². The fourth-order valence-corrected chi connectivity index (χ4v) is 1.81. The van der Waals surface area contributed by atoms with Crippen molar-refractivity contribution in [3.8, 4) is 0 Å². The van der Waals surface area contributed by atoms with Crippen LogP contribution in [0.4, 0.5) is 5.69 Å². The second-order valence-corrected chi connectivity index (χ2v) is 4.37. The molecule has 4 nitrogen and oxygen atoms in total. The summed E-state index contributed by atoms with van der Waals surface area (Å²) in [5.74, 6) is -0.311. The molecule has 0 spiro atoms. The van der Waals surface area contributed by atoms with Gasteiger partial charge >= 0.3 is 0 Å². The van der Waals surface area contributed by atoms with Gasteiger partial charge in [0.25, 0.3) is 5.91 Å². The Morgan fingerprint density at radius 1 is 1.28 bits per heavy atom. The van der Waals surface area contributed by atoms with Crippen LogP contribution < -0.4 is 5.32 Å². The highest BCUT2D eigenvalue weighted by atomic mass is 35.5. The van der Waals surface area contributed by atoms with Crippen LogP contribution in [0.5, 0.6) is 0 Å². The molecule has 0 unspecified atom stereocenters. The van der Waals surface area contributed by atoms with E-state index in [2.05, 4.69) is 15.3 Å². The van der Waals surface area contributed by atoms with Gasteiger partial charge in [0, 0.05) is 12.4 Å². The Bertz CT molecular complexity index is 602. The van der Waals surface area contributed by atoms with Crippen molar-refractivity contribution in [2.75, 3.05) is 5.32 Å². The van der Waals surface area contributed by atoms with Gasteiger partial charge in [-0.3, -0.25) is 9.78 Å². The van der Waals surface area contributed by atoms with Crippen molar-refractivity contribution >= 4 is 34.8 Å². The Labute approximate surface area is 114 Å². The molecule has 2 rings (SSSR count). The second kappa shape index (κ2) is 5.33. The molecule has 0 saturated carbocycles. The second-order valence-electron chi connectivity index (χ2n) is 3.58. The average Bonchev–Trinajstić information content (AvgIpc) is 2.33. The van der Waals surface area contributed by atoms with E-state index in [1.807, 2.05) is 0 Å². The number of pyridine rings is 2. The summed E-state index contributed by atoms with van der Waals surface area (Å²) in [5.41, 5.74) is 1.60. The molecular formula is C12H9Cl2N3O. The number of nitrogens with zero attached hydrogens (tertiary/aromatic N) is 2. The van der Waals surface area contributed by atoms with E-state index in [9.17, 15) is 4.79 Å². The first-order chi connectivity index (χ1) is 8.58. The summed E-state index contributed by atoms with van der Waals surface area (Å²) in [6.45, 7) is 1.76. The minimum absolute atomic E-state index is 0.301. The Morgan fingerprint density at radius 3 is 2.72 bits per heavy atom. The maximum absolute atomic E-state index is 12.0. The summed E-state index contributed by atoms with van der Waals surface area (Å²) in [6, 6.07) is 4.85. The van der Waals surface area contributed by atoms with Crippen LogP contribution in [-0.4, -0.2) is 15.9 Å². The number of nitrogens with one attached hydrogen (secondary N) is 1. The van der Waals surface area contributed by atoms with E-state index >= 15 is 0 Å². The lowest BCUT2D eigenvalue weighted by molar-refractivity contribution is 0.102. The first-order valence-corrected chi connectivity index (χ1v) is 5.87. The summed E-state index contributed by atoms with van der Waals surface area (Å²) in [6.07, 6.45) is 2.93. The van der Waals surface area contributed by atoms with E-state index in [0.29, 0.717) is 27.1 Å². The lowest BCUT2D eigenvalue weighted by Crippen LogP contribution is -2.13. The molecule has 1 N–H and O–H groups in total. The highest BCUT2D eigenvalue weighted by Crippen LogP contribution is 2.19. The molecule has 1 amide bonds. The van der Waals surface area contributed by atoms with E-state index in [1.54, 1.807) is 25.1 Å². The third-order valence-electron chi connectivity index (χ3n) is 2.32. The molecular weight excluding hydrogens is 273 g/mol. The fourth-order valence-electron chi connectivity index (χ4n) is 1.41. The fraction of sp³-hybridized carbons (Fsp3) is 0.0833. The van der Waals surface area contributed by atoms with Crippen LogP contribution in [0.25, 0.3) is 0 Å². The quantitative estimate of drug-likeness (QED) is 0.859. The number of carbonyl (C=O) groups is 1. The number of anilines is 1. The van der Waals surface area contributed by atoms with E-state index in [4.69, 9.17) is 23.2 Å². The van der Waals surface area contributed by atoms with Crippen LogP contribution in [0, 0.1) is 6.92 Å². The Hall–Kier alpha value is -1.65. The van der Waals surface area contributed by atoms with E-state index in [0.717, 1.165) is 0 Å². The third-order valence-corrected chi connectivity index (χ3v) is 2.83. The summed E-state index contributed by atoms with van der Waals surface area (Å²) in [5, 5.41) is 3.40. The minimum Gasteiger partial charge on any atom is -0.320 e. The Balaban J connectivity index is 2.24. The topological polar surface area (TPSA) is 54.9 Å². The van der Waals surface area contributed by atoms with E-state index in [1.165, 1.54) is 12.4 Å². The molecule has 0 aliphatic carbocycles. The zero-order valence-electron chi connectivity index (χ0n) is 9.45. The Morgan fingerprint density at radius 2 is 2.06 bits per heavy atom. The predicted octanol–water partition coefficient (Wildman–Crippen LogP) is 3.34.